The smallest absolute Gasteiger partial charge is 0.338 e. The monoisotopic (exact) mass is 207 g/mol. The molecule has 0 aliphatic carbocycles. The van der Waals surface area contributed by atoms with Crippen LogP contribution in [0.15, 0.2) is 18.2 Å². The number of hydrogen-bond acceptors (Lipinski definition) is 4. The highest BCUT2D eigenvalue weighted by Gasteiger charge is 2.23. The molecule has 4 heteroatoms. The molecular formula is C11H13NO3. The topological polar surface area (TPSA) is 61.5 Å². The van der Waals surface area contributed by atoms with E-state index in [2.05, 4.69) is 0 Å². The van der Waals surface area contributed by atoms with Crippen LogP contribution in [0.2, 0.25) is 0 Å². The summed E-state index contributed by atoms with van der Waals surface area (Å²) in [5, 5.41) is 0. The zero-order valence-electron chi connectivity index (χ0n) is 8.53. The van der Waals surface area contributed by atoms with E-state index in [9.17, 15) is 4.79 Å². The Morgan fingerprint density at radius 3 is 2.80 bits per heavy atom. The van der Waals surface area contributed by atoms with Gasteiger partial charge < -0.3 is 15.2 Å². The van der Waals surface area contributed by atoms with Crippen LogP contribution in [0, 0.1) is 6.92 Å². The van der Waals surface area contributed by atoms with E-state index in [1.165, 1.54) is 0 Å². The van der Waals surface area contributed by atoms with E-state index in [0.717, 1.165) is 5.56 Å². The first kappa shape index (κ1) is 9.98. The predicted molar refractivity (Wildman–Crippen MR) is 55.6 cm³/mol. The van der Waals surface area contributed by atoms with Crippen molar-refractivity contribution in [2.45, 2.75) is 13.0 Å². The van der Waals surface area contributed by atoms with Gasteiger partial charge in [-0.25, -0.2) is 4.79 Å². The number of esters is 1. The van der Waals surface area contributed by atoms with Gasteiger partial charge >= 0.3 is 5.97 Å². The second-order valence-corrected chi connectivity index (χ2v) is 3.64. The van der Waals surface area contributed by atoms with Gasteiger partial charge in [-0.05, 0) is 30.7 Å². The minimum absolute atomic E-state index is 0.0876. The Balaban J connectivity index is 2.07. The van der Waals surface area contributed by atoms with Gasteiger partial charge in [-0.1, -0.05) is 0 Å². The molecule has 1 aliphatic heterocycles. The Bertz CT molecular complexity index is 385. The summed E-state index contributed by atoms with van der Waals surface area (Å²) in [7, 11) is 0. The molecule has 0 atom stereocenters. The molecule has 0 unspecified atom stereocenters. The highest BCUT2D eigenvalue weighted by Crippen LogP contribution is 2.15. The predicted octanol–water partition coefficient (Wildman–Crippen LogP) is 1.13. The molecule has 1 aromatic carbocycles. The van der Waals surface area contributed by atoms with Crippen LogP contribution in [-0.4, -0.2) is 25.3 Å². The summed E-state index contributed by atoms with van der Waals surface area (Å²) in [6.07, 6.45) is -0.0876. The van der Waals surface area contributed by atoms with Gasteiger partial charge in [0.1, 0.15) is 6.10 Å². The van der Waals surface area contributed by atoms with Crippen molar-refractivity contribution >= 4 is 11.7 Å². The first-order chi connectivity index (χ1) is 7.16. The van der Waals surface area contributed by atoms with Crippen molar-refractivity contribution in [3.8, 4) is 0 Å². The van der Waals surface area contributed by atoms with Crippen molar-refractivity contribution in [1.29, 1.82) is 0 Å². The van der Waals surface area contributed by atoms with Gasteiger partial charge in [0.15, 0.2) is 0 Å². The minimum atomic E-state index is -0.314. The quantitative estimate of drug-likeness (QED) is 0.583. The molecule has 4 nitrogen and oxygen atoms in total. The van der Waals surface area contributed by atoms with Gasteiger partial charge in [-0.2, -0.15) is 0 Å². The van der Waals surface area contributed by atoms with Gasteiger partial charge in [0.2, 0.25) is 0 Å². The molecular weight excluding hydrogens is 194 g/mol. The summed E-state index contributed by atoms with van der Waals surface area (Å²) >= 11 is 0. The molecule has 0 spiro atoms. The van der Waals surface area contributed by atoms with Crippen molar-refractivity contribution < 1.29 is 14.3 Å². The Kier molecular flexibility index (Phi) is 2.60. The maximum absolute atomic E-state index is 11.6. The van der Waals surface area contributed by atoms with Crippen LogP contribution in [0.1, 0.15) is 15.9 Å². The second-order valence-electron chi connectivity index (χ2n) is 3.64. The fourth-order valence-electron chi connectivity index (χ4n) is 1.30. The molecule has 0 aromatic heterocycles. The maximum atomic E-state index is 11.6. The molecule has 80 valence electrons. The molecule has 1 fully saturated rings. The summed E-state index contributed by atoms with van der Waals surface area (Å²) in [5.41, 5.74) is 7.75. The van der Waals surface area contributed by atoms with Gasteiger partial charge in [0.05, 0.1) is 18.8 Å². The third kappa shape index (κ3) is 2.10. The molecule has 15 heavy (non-hydrogen) atoms. The van der Waals surface area contributed by atoms with Crippen LogP contribution in [0.4, 0.5) is 5.69 Å². The van der Waals surface area contributed by atoms with Crippen LogP contribution in [0.5, 0.6) is 0 Å². The lowest BCUT2D eigenvalue weighted by Gasteiger charge is -2.25. The Hall–Kier alpha value is -1.55. The van der Waals surface area contributed by atoms with Crippen molar-refractivity contribution in [3.63, 3.8) is 0 Å². The number of hydrogen-bond donors (Lipinski definition) is 1. The average molecular weight is 207 g/mol. The molecule has 1 heterocycles. The van der Waals surface area contributed by atoms with Crippen molar-refractivity contribution in [3.05, 3.63) is 29.3 Å². The van der Waals surface area contributed by atoms with Crippen LogP contribution >= 0.6 is 0 Å². The number of ether oxygens (including phenoxy) is 2. The third-order valence-electron chi connectivity index (χ3n) is 2.39. The molecule has 2 rings (SSSR count). The van der Waals surface area contributed by atoms with E-state index in [1.54, 1.807) is 18.2 Å². The van der Waals surface area contributed by atoms with Gasteiger partial charge in [-0.15, -0.1) is 0 Å². The normalized spacial score (nSPS) is 15.8. The standard InChI is InChI=1S/C11H13NO3/c1-7-4-8(2-3-10(7)12)11(13)15-9-5-14-6-9/h2-4,9H,5-6,12H2,1H3. The van der Waals surface area contributed by atoms with Gasteiger partial charge in [-0.3, -0.25) is 0 Å². The zero-order valence-corrected chi connectivity index (χ0v) is 8.53. The molecule has 0 radical (unpaired) electrons. The molecule has 0 bridgehead atoms. The van der Waals surface area contributed by atoms with E-state index in [1.807, 2.05) is 6.92 Å². The van der Waals surface area contributed by atoms with E-state index >= 15 is 0 Å². The summed E-state index contributed by atoms with van der Waals surface area (Å²) in [4.78, 5) is 11.6. The van der Waals surface area contributed by atoms with Crippen LogP contribution in [-0.2, 0) is 9.47 Å². The number of rotatable bonds is 2. The lowest BCUT2D eigenvalue weighted by Crippen LogP contribution is -2.37. The van der Waals surface area contributed by atoms with Crippen molar-refractivity contribution in [2.75, 3.05) is 18.9 Å². The van der Waals surface area contributed by atoms with Crippen molar-refractivity contribution in [2.24, 2.45) is 0 Å². The molecule has 1 aromatic rings. The lowest BCUT2D eigenvalue weighted by molar-refractivity contribution is -0.103. The minimum Gasteiger partial charge on any atom is -0.454 e. The van der Waals surface area contributed by atoms with Gasteiger partial charge in [0, 0.05) is 5.69 Å². The average Bonchev–Trinajstić information content (AvgIpc) is 2.15. The van der Waals surface area contributed by atoms with E-state index in [0.29, 0.717) is 24.5 Å². The zero-order chi connectivity index (χ0) is 10.8. The lowest BCUT2D eigenvalue weighted by atomic mass is 10.1. The number of nitrogen functional groups attached to an aromatic ring is 1. The van der Waals surface area contributed by atoms with Crippen LogP contribution in [0.3, 0.4) is 0 Å². The van der Waals surface area contributed by atoms with Crippen LogP contribution < -0.4 is 5.73 Å². The molecule has 2 N–H and O–H groups in total. The summed E-state index contributed by atoms with van der Waals surface area (Å²) < 4.78 is 10.1. The summed E-state index contributed by atoms with van der Waals surface area (Å²) in [6, 6.07) is 5.12. The Morgan fingerprint density at radius 1 is 1.53 bits per heavy atom. The number of anilines is 1. The fourth-order valence-corrected chi connectivity index (χ4v) is 1.30. The SMILES string of the molecule is Cc1cc(C(=O)OC2COC2)ccc1N. The molecule has 1 aliphatic rings. The maximum Gasteiger partial charge on any atom is 0.338 e. The van der Waals surface area contributed by atoms with E-state index in [4.69, 9.17) is 15.2 Å². The van der Waals surface area contributed by atoms with Crippen LogP contribution in [0.25, 0.3) is 0 Å². The van der Waals surface area contributed by atoms with Crippen molar-refractivity contribution in [1.82, 2.24) is 0 Å². The number of carbonyl (C=O) groups excluding carboxylic acids is 1. The summed E-state index contributed by atoms with van der Waals surface area (Å²) in [5.74, 6) is -0.314. The number of aryl methyl sites for hydroxylation is 1. The number of nitrogens with two attached hydrogens (primary N) is 1. The first-order valence-electron chi connectivity index (χ1n) is 4.81. The molecule has 1 saturated heterocycles. The molecule has 0 saturated carbocycles. The molecule has 0 amide bonds. The number of benzene rings is 1. The third-order valence-corrected chi connectivity index (χ3v) is 2.39. The second kappa shape index (κ2) is 3.90. The van der Waals surface area contributed by atoms with E-state index in [-0.39, 0.29) is 12.1 Å². The van der Waals surface area contributed by atoms with Gasteiger partial charge in [0.25, 0.3) is 0 Å². The fraction of sp³-hybridized carbons (Fsp3) is 0.364. The highest BCUT2D eigenvalue weighted by atomic mass is 16.6. The summed E-state index contributed by atoms with van der Waals surface area (Å²) in [6.45, 7) is 2.86. The largest absolute Gasteiger partial charge is 0.454 e. The Morgan fingerprint density at radius 2 is 2.27 bits per heavy atom. The first-order valence-corrected chi connectivity index (χ1v) is 4.81. The van der Waals surface area contributed by atoms with E-state index < -0.39 is 0 Å². The highest BCUT2D eigenvalue weighted by molar-refractivity contribution is 5.90. The Labute approximate surface area is 88.0 Å². The number of carbonyl (C=O) groups is 1.